The van der Waals surface area contributed by atoms with Gasteiger partial charge in [-0.3, -0.25) is 0 Å². The summed E-state index contributed by atoms with van der Waals surface area (Å²) in [5, 5.41) is 4.81. The van der Waals surface area contributed by atoms with Crippen LogP contribution in [0.3, 0.4) is 0 Å². The zero-order valence-corrected chi connectivity index (χ0v) is 12.5. The molecule has 1 aromatic carbocycles. The minimum absolute atomic E-state index is 0.463. The molecule has 0 saturated carbocycles. The Kier molecular flexibility index (Phi) is 5.19. The van der Waals surface area contributed by atoms with Crippen LogP contribution in [0.2, 0.25) is 5.02 Å². The van der Waals surface area contributed by atoms with E-state index < -0.39 is 0 Å². The van der Waals surface area contributed by atoms with Crippen LogP contribution in [0.1, 0.15) is 19.4 Å². The molecule has 0 saturated heterocycles. The summed E-state index contributed by atoms with van der Waals surface area (Å²) in [4.78, 5) is 9.33. The highest BCUT2D eigenvalue weighted by molar-refractivity contribution is 7.99. The molecule has 5 heteroatoms. The lowest BCUT2D eigenvalue weighted by Crippen LogP contribution is -2.21. The first-order valence-corrected chi connectivity index (χ1v) is 7.31. The molecule has 0 spiro atoms. The van der Waals surface area contributed by atoms with E-state index in [-0.39, 0.29) is 0 Å². The van der Waals surface area contributed by atoms with E-state index in [1.807, 2.05) is 12.1 Å². The van der Waals surface area contributed by atoms with Crippen molar-refractivity contribution in [3.63, 3.8) is 0 Å². The van der Waals surface area contributed by atoms with Crippen molar-refractivity contribution >= 4 is 23.4 Å². The number of aromatic nitrogens is 2. The number of nitrogens with zero attached hydrogens (tertiary/aromatic N) is 2. The fraction of sp³-hybridized carbons (Fsp3) is 0.286. The van der Waals surface area contributed by atoms with E-state index in [0.717, 1.165) is 16.5 Å². The molecule has 0 aliphatic rings. The highest BCUT2D eigenvalue weighted by atomic mass is 35.5. The van der Waals surface area contributed by atoms with Crippen molar-refractivity contribution in [2.75, 3.05) is 0 Å². The fourth-order valence-electron chi connectivity index (χ4n) is 1.50. The maximum absolute atomic E-state index is 6.29. The molecule has 0 amide bonds. The summed E-state index contributed by atoms with van der Waals surface area (Å²) < 4.78 is 0. The third-order valence-corrected chi connectivity index (χ3v) is 3.85. The van der Waals surface area contributed by atoms with Crippen LogP contribution in [0, 0.1) is 0 Å². The van der Waals surface area contributed by atoms with Crippen molar-refractivity contribution in [1.29, 1.82) is 0 Å². The van der Waals surface area contributed by atoms with Gasteiger partial charge in [0.25, 0.3) is 0 Å². The molecular formula is C14H16ClN3S. The van der Waals surface area contributed by atoms with Crippen LogP contribution in [0.4, 0.5) is 0 Å². The van der Waals surface area contributed by atoms with Gasteiger partial charge in [-0.15, -0.1) is 0 Å². The zero-order valence-electron chi connectivity index (χ0n) is 10.9. The number of benzene rings is 1. The molecule has 0 radical (unpaired) electrons. The topological polar surface area (TPSA) is 37.8 Å². The molecule has 0 aliphatic carbocycles. The van der Waals surface area contributed by atoms with E-state index in [1.165, 1.54) is 17.3 Å². The van der Waals surface area contributed by atoms with Crippen molar-refractivity contribution in [3.8, 4) is 0 Å². The molecule has 0 fully saturated rings. The second-order valence-corrected chi connectivity index (χ2v) is 5.85. The molecule has 3 nitrogen and oxygen atoms in total. The highest BCUT2D eigenvalue weighted by Crippen LogP contribution is 2.31. The maximum atomic E-state index is 6.29. The van der Waals surface area contributed by atoms with Crippen LogP contribution in [0.5, 0.6) is 0 Å². The largest absolute Gasteiger partial charge is 0.310 e. The minimum atomic E-state index is 0.463. The summed E-state index contributed by atoms with van der Waals surface area (Å²) >= 11 is 7.76. The third-order valence-electron chi connectivity index (χ3n) is 2.45. The van der Waals surface area contributed by atoms with E-state index >= 15 is 0 Å². The minimum Gasteiger partial charge on any atom is -0.310 e. The second kappa shape index (κ2) is 6.89. The summed E-state index contributed by atoms with van der Waals surface area (Å²) in [6, 6.07) is 8.34. The van der Waals surface area contributed by atoms with Gasteiger partial charge in [-0.1, -0.05) is 31.5 Å². The van der Waals surface area contributed by atoms with E-state index in [2.05, 4.69) is 35.2 Å². The normalized spacial score (nSPS) is 10.9. The van der Waals surface area contributed by atoms with Crippen LogP contribution in [-0.2, 0) is 6.54 Å². The van der Waals surface area contributed by atoms with Gasteiger partial charge >= 0.3 is 0 Å². The van der Waals surface area contributed by atoms with Crippen molar-refractivity contribution in [3.05, 3.63) is 47.2 Å². The number of rotatable bonds is 5. The zero-order chi connectivity index (χ0) is 13.7. The van der Waals surface area contributed by atoms with E-state index in [4.69, 9.17) is 11.6 Å². The van der Waals surface area contributed by atoms with E-state index in [9.17, 15) is 0 Å². The molecule has 0 unspecified atom stereocenters. The molecule has 1 N–H and O–H groups in total. The molecule has 0 bridgehead atoms. The Morgan fingerprint density at radius 2 is 2.00 bits per heavy atom. The lowest BCUT2D eigenvalue weighted by atomic mass is 10.2. The SMILES string of the molecule is CC(C)NCc1ccc(Sc2ncccn2)c(Cl)c1. The van der Waals surface area contributed by atoms with Gasteiger partial charge in [0.1, 0.15) is 0 Å². The summed E-state index contributed by atoms with van der Waals surface area (Å²) in [7, 11) is 0. The lowest BCUT2D eigenvalue weighted by molar-refractivity contribution is 0.588. The van der Waals surface area contributed by atoms with Gasteiger partial charge in [0, 0.05) is 29.9 Å². The van der Waals surface area contributed by atoms with Crippen LogP contribution < -0.4 is 5.32 Å². The first-order chi connectivity index (χ1) is 9.15. The number of hydrogen-bond donors (Lipinski definition) is 1. The predicted octanol–water partition coefficient (Wildman–Crippen LogP) is 3.78. The Labute approximate surface area is 122 Å². The fourth-order valence-corrected chi connectivity index (χ4v) is 2.53. The Hall–Kier alpha value is -1.10. The molecule has 1 aromatic heterocycles. The van der Waals surface area contributed by atoms with Crippen LogP contribution >= 0.6 is 23.4 Å². The van der Waals surface area contributed by atoms with Gasteiger partial charge in [-0.2, -0.15) is 0 Å². The second-order valence-electron chi connectivity index (χ2n) is 4.43. The third kappa shape index (κ3) is 4.49. The molecule has 2 rings (SSSR count). The van der Waals surface area contributed by atoms with Crippen molar-refractivity contribution in [2.24, 2.45) is 0 Å². The average molecular weight is 294 g/mol. The van der Waals surface area contributed by atoms with Crippen molar-refractivity contribution in [1.82, 2.24) is 15.3 Å². The van der Waals surface area contributed by atoms with Gasteiger partial charge in [0.2, 0.25) is 0 Å². The maximum Gasteiger partial charge on any atom is 0.192 e. The molecule has 2 aromatic rings. The molecule has 19 heavy (non-hydrogen) atoms. The molecule has 0 aliphatic heterocycles. The number of hydrogen-bond acceptors (Lipinski definition) is 4. The summed E-state index contributed by atoms with van der Waals surface area (Å²) in [6.07, 6.45) is 3.45. The molecule has 0 atom stereocenters. The van der Waals surface area contributed by atoms with Crippen LogP contribution in [-0.4, -0.2) is 16.0 Å². The van der Waals surface area contributed by atoms with Crippen molar-refractivity contribution in [2.45, 2.75) is 36.5 Å². The average Bonchev–Trinajstić information content (AvgIpc) is 2.40. The molecule has 1 heterocycles. The van der Waals surface area contributed by atoms with Gasteiger partial charge in [-0.05, 0) is 35.5 Å². The van der Waals surface area contributed by atoms with Crippen LogP contribution in [0.15, 0.2) is 46.7 Å². The van der Waals surface area contributed by atoms with Crippen LogP contribution in [0.25, 0.3) is 0 Å². The van der Waals surface area contributed by atoms with E-state index in [1.54, 1.807) is 18.5 Å². The molecular weight excluding hydrogens is 278 g/mol. The van der Waals surface area contributed by atoms with Gasteiger partial charge < -0.3 is 5.32 Å². The first-order valence-electron chi connectivity index (χ1n) is 6.12. The molecule has 100 valence electrons. The smallest absolute Gasteiger partial charge is 0.192 e. The Morgan fingerprint density at radius 3 is 2.63 bits per heavy atom. The van der Waals surface area contributed by atoms with Gasteiger partial charge in [0.15, 0.2) is 5.16 Å². The van der Waals surface area contributed by atoms with Gasteiger partial charge in [0.05, 0.1) is 5.02 Å². The Bertz CT molecular complexity index is 531. The monoisotopic (exact) mass is 293 g/mol. The number of halogens is 1. The standard InChI is InChI=1S/C14H16ClN3S/c1-10(2)18-9-11-4-5-13(12(15)8-11)19-14-16-6-3-7-17-14/h3-8,10,18H,9H2,1-2H3. The van der Waals surface area contributed by atoms with Gasteiger partial charge in [-0.25, -0.2) is 9.97 Å². The van der Waals surface area contributed by atoms with Crippen molar-refractivity contribution < 1.29 is 0 Å². The predicted molar refractivity (Wildman–Crippen MR) is 79.6 cm³/mol. The Balaban J connectivity index is 2.07. The number of nitrogens with one attached hydrogen (secondary N) is 1. The summed E-state index contributed by atoms with van der Waals surface area (Å²) in [6.45, 7) is 5.07. The highest BCUT2D eigenvalue weighted by Gasteiger charge is 2.06. The summed E-state index contributed by atoms with van der Waals surface area (Å²) in [5.41, 5.74) is 1.18. The van der Waals surface area contributed by atoms with E-state index in [0.29, 0.717) is 11.2 Å². The first kappa shape index (κ1) is 14.3. The quantitative estimate of drug-likeness (QED) is 0.852. The summed E-state index contributed by atoms with van der Waals surface area (Å²) in [5.74, 6) is 0. The lowest BCUT2D eigenvalue weighted by Gasteiger charge is -2.09. The Morgan fingerprint density at radius 1 is 1.26 bits per heavy atom.